The van der Waals surface area contributed by atoms with Gasteiger partial charge in [-0.3, -0.25) is 9.10 Å². The first-order valence-corrected chi connectivity index (χ1v) is 11.2. The van der Waals surface area contributed by atoms with Crippen molar-refractivity contribution in [1.82, 2.24) is 5.32 Å². The molecule has 1 atom stereocenters. The van der Waals surface area contributed by atoms with Crippen molar-refractivity contribution in [2.45, 2.75) is 40.7 Å². The van der Waals surface area contributed by atoms with E-state index in [-0.39, 0.29) is 18.5 Å². The van der Waals surface area contributed by atoms with Crippen LogP contribution < -0.4 is 9.62 Å². The van der Waals surface area contributed by atoms with E-state index in [1.165, 1.54) is 5.56 Å². The smallest absolute Gasteiger partial charge is 0.241 e. The Kier molecular flexibility index (Phi) is 6.78. The summed E-state index contributed by atoms with van der Waals surface area (Å²) in [6, 6.07) is 8.88. The van der Waals surface area contributed by atoms with E-state index in [1.54, 1.807) is 25.1 Å². The normalized spacial score (nSPS) is 12.5. The van der Waals surface area contributed by atoms with Crippen LogP contribution in [-0.2, 0) is 14.8 Å². The van der Waals surface area contributed by atoms with Gasteiger partial charge in [0.1, 0.15) is 6.54 Å². The lowest BCUT2D eigenvalue weighted by atomic mass is 9.96. The predicted octanol–water partition coefficient (Wildman–Crippen LogP) is 4.22. The summed E-state index contributed by atoms with van der Waals surface area (Å²) in [7, 11) is -3.66. The largest absolute Gasteiger partial charge is 0.348 e. The highest BCUT2D eigenvalue weighted by molar-refractivity contribution is 7.92. The maximum absolute atomic E-state index is 12.7. The second-order valence-corrected chi connectivity index (χ2v) is 9.63. The van der Waals surface area contributed by atoms with E-state index < -0.39 is 10.0 Å². The van der Waals surface area contributed by atoms with Crippen LogP contribution in [0.2, 0.25) is 5.02 Å². The summed E-state index contributed by atoms with van der Waals surface area (Å²) in [5.41, 5.74) is 5.57. The molecule has 1 amide bonds. The number of sulfonamides is 1. The molecule has 0 aromatic heterocycles. The van der Waals surface area contributed by atoms with Crippen LogP contribution in [0.1, 0.15) is 40.8 Å². The third-order valence-corrected chi connectivity index (χ3v) is 6.22. The zero-order chi connectivity index (χ0) is 21.2. The second kappa shape index (κ2) is 8.53. The molecular weight excluding hydrogens is 396 g/mol. The Balaban J connectivity index is 2.25. The fraction of sp³-hybridized carbons (Fsp3) is 0.381. The number of rotatable bonds is 6. The van der Waals surface area contributed by atoms with E-state index in [4.69, 9.17) is 11.6 Å². The number of amides is 1. The van der Waals surface area contributed by atoms with E-state index in [1.807, 2.05) is 27.7 Å². The van der Waals surface area contributed by atoms with E-state index in [9.17, 15) is 13.2 Å². The highest BCUT2D eigenvalue weighted by atomic mass is 35.5. The van der Waals surface area contributed by atoms with E-state index in [0.717, 1.165) is 32.8 Å². The average molecular weight is 423 g/mol. The first kappa shape index (κ1) is 22.2. The molecule has 0 aliphatic rings. The number of halogens is 1. The minimum absolute atomic E-state index is 0.242. The lowest BCUT2D eigenvalue weighted by Gasteiger charge is -2.25. The summed E-state index contributed by atoms with van der Waals surface area (Å²) in [5, 5.41) is 3.32. The lowest BCUT2D eigenvalue weighted by molar-refractivity contribution is -0.120. The third-order valence-electron chi connectivity index (χ3n) is 4.85. The van der Waals surface area contributed by atoms with Gasteiger partial charge in [0.2, 0.25) is 15.9 Å². The summed E-state index contributed by atoms with van der Waals surface area (Å²) < 4.78 is 25.7. The zero-order valence-electron chi connectivity index (χ0n) is 17.1. The van der Waals surface area contributed by atoms with Crippen molar-refractivity contribution in [2.24, 2.45) is 0 Å². The molecule has 0 bridgehead atoms. The van der Waals surface area contributed by atoms with E-state index >= 15 is 0 Å². The molecule has 5 nitrogen and oxygen atoms in total. The van der Waals surface area contributed by atoms with Gasteiger partial charge in [0, 0.05) is 5.02 Å². The molecule has 7 heteroatoms. The number of carbonyl (C=O) groups excluding carboxylic acids is 1. The molecule has 0 saturated heterocycles. The Morgan fingerprint density at radius 1 is 1.04 bits per heavy atom. The Labute approximate surface area is 172 Å². The van der Waals surface area contributed by atoms with Crippen molar-refractivity contribution in [2.75, 3.05) is 17.1 Å². The first-order chi connectivity index (χ1) is 12.9. The molecule has 0 unspecified atom stereocenters. The summed E-state index contributed by atoms with van der Waals surface area (Å²) in [6.45, 7) is 9.44. The second-order valence-electron chi connectivity index (χ2n) is 7.28. The van der Waals surface area contributed by atoms with Crippen molar-refractivity contribution in [3.05, 3.63) is 63.2 Å². The lowest BCUT2D eigenvalue weighted by Crippen LogP contribution is -2.41. The number of hydrogen-bond donors (Lipinski definition) is 1. The van der Waals surface area contributed by atoms with Gasteiger partial charge >= 0.3 is 0 Å². The number of nitrogens with zero attached hydrogens (tertiary/aromatic N) is 1. The maximum atomic E-state index is 12.7. The van der Waals surface area contributed by atoms with Gasteiger partial charge in [-0.25, -0.2) is 8.42 Å². The van der Waals surface area contributed by atoms with Crippen molar-refractivity contribution < 1.29 is 13.2 Å². The van der Waals surface area contributed by atoms with Gasteiger partial charge < -0.3 is 5.32 Å². The quantitative estimate of drug-likeness (QED) is 0.757. The molecule has 0 saturated carbocycles. The first-order valence-electron chi connectivity index (χ1n) is 9.01. The fourth-order valence-corrected chi connectivity index (χ4v) is 4.25. The van der Waals surface area contributed by atoms with Crippen molar-refractivity contribution >= 4 is 33.2 Å². The Morgan fingerprint density at radius 2 is 1.64 bits per heavy atom. The van der Waals surface area contributed by atoms with Gasteiger partial charge in [0.05, 0.1) is 18.0 Å². The fourth-order valence-electron chi connectivity index (χ4n) is 3.18. The molecule has 0 radical (unpaired) electrons. The topological polar surface area (TPSA) is 66.5 Å². The minimum Gasteiger partial charge on any atom is -0.348 e. The molecule has 1 N–H and O–H groups in total. The molecule has 0 aliphatic carbocycles. The van der Waals surface area contributed by atoms with Crippen LogP contribution in [0.5, 0.6) is 0 Å². The Bertz CT molecular complexity index is 1000. The molecule has 0 fully saturated rings. The number of aryl methyl sites for hydroxylation is 4. The molecular formula is C21H27ClN2O3S. The van der Waals surface area contributed by atoms with Gasteiger partial charge in [-0.15, -0.1) is 0 Å². The number of nitrogens with one attached hydrogen (secondary N) is 1. The standard InChI is InChI=1S/C21H27ClN2O3S/c1-13-7-8-18(22)11-20(13)24(28(6,26)27)12-21(25)23-17(5)19-10-15(3)14(2)9-16(19)4/h7-11,17H,12H2,1-6H3,(H,23,25)/t17-/m1/s1. The molecule has 0 heterocycles. The SMILES string of the molecule is Cc1cc(C)c([C@@H](C)NC(=O)CN(c2cc(Cl)ccc2C)S(C)(=O)=O)cc1C. The summed E-state index contributed by atoms with van der Waals surface area (Å²) in [5.74, 6) is -0.380. The molecule has 2 aromatic rings. The predicted molar refractivity (Wildman–Crippen MR) is 116 cm³/mol. The van der Waals surface area contributed by atoms with Gasteiger partial charge in [0.25, 0.3) is 0 Å². The molecule has 0 aliphatic heterocycles. The third kappa shape index (κ3) is 5.26. The van der Waals surface area contributed by atoms with E-state index in [0.29, 0.717) is 10.7 Å². The van der Waals surface area contributed by atoms with Crippen LogP contribution in [0, 0.1) is 27.7 Å². The van der Waals surface area contributed by atoms with Gasteiger partial charge in [-0.1, -0.05) is 29.8 Å². The van der Waals surface area contributed by atoms with Crippen molar-refractivity contribution in [3.63, 3.8) is 0 Å². The average Bonchev–Trinajstić information content (AvgIpc) is 2.57. The van der Waals surface area contributed by atoms with Gasteiger partial charge in [-0.05, 0) is 74.6 Å². The van der Waals surface area contributed by atoms with Gasteiger partial charge in [-0.2, -0.15) is 0 Å². The molecule has 28 heavy (non-hydrogen) atoms. The van der Waals surface area contributed by atoms with Crippen LogP contribution in [0.15, 0.2) is 30.3 Å². The summed E-state index contributed by atoms with van der Waals surface area (Å²) >= 11 is 6.03. The molecule has 0 spiro atoms. The summed E-state index contributed by atoms with van der Waals surface area (Å²) in [4.78, 5) is 12.7. The van der Waals surface area contributed by atoms with Crippen LogP contribution in [0.25, 0.3) is 0 Å². The molecule has 152 valence electrons. The molecule has 2 aromatic carbocycles. The number of carbonyl (C=O) groups is 1. The number of benzene rings is 2. The van der Waals surface area contributed by atoms with Crippen LogP contribution >= 0.6 is 11.6 Å². The zero-order valence-corrected chi connectivity index (χ0v) is 18.7. The number of hydrogen-bond acceptors (Lipinski definition) is 3. The number of anilines is 1. The Hall–Kier alpha value is -2.05. The van der Waals surface area contributed by atoms with Crippen LogP contribution in [0.4, 0.5) is 5.69 Å². The highest BCUT2D eigenvalue weighted by Gasteiger charge is 2.24. The summed E-state index contributed by atoms with van der Waals surface area (Å²) in [6.07, 6.45) is 1.08. The highest BCUT2D eigenvalue weighted by Crippen LogP contribution is 2.26. The minimum atomic E-state index is -3.66. The Morgan fingerprint density at radius 3 is 2.25 bits per heavy atom. The monoisotopic (exact) mass is 422 g/mol. The van der Waals surface area contributed by atoms with Crippen LogP contribution in [-0.4, -0.2) is 27.1 Å². The molecule has 2 rings (SSSR count). The van der Waals surface area contributed by atoms with Gasteiger partial charge in [0.15, 0.2) is 0 Å². The van der Waals surface area contributed by atoms with Crippen molar-refractivity contribution in [1.29, 1.82) is 0 Å². The maximum Gasteiger partial charge on any atom is 0.241 e. The van der Waals surface area contributed by atoms with Crippen LogP contribution in [0.3, 0.4) is 0 Å². The van der Waals surface area contributed by atoms with Crippen molar-refractivity contribution in [3.8, 4) is 0 Å². The van der Waals surface area contributed by atoms with E-state index in [2.05, 4.69) is 17.4 Å².